The van der Waals surface area contributed by atoms with Crippen LogP contribution in [0.25, 0.3) is 0 Å². The highest BCUT2D eigenvalue weighted by Crippen LogP contribution is 2.32. The zero-order chi connectivity index (χ0) is 17.4. The van der Waals surface area contributed by atoms with Crippen molar-refractivity contribution >= 4 is 29.7 Å². The number of hydrogen-bond donors (Lipinski definition) is 1. The fraction of sp³-hybridized carbons (Fsp3) is 0.533. The topological polar surface area (TPSA) is 104 Å². The highest BCUT2D eigenvalue weighted by molar-refractivity contribution is 6.19. The third-order valence-corrected chi connectivity index (χ3v) is 4.50. The molecule has 1 N–H and O–H groups in total. The quantitative estimate of drug-likeness (QED) is 0.575. The summed E-state index contributed by atoms with van der Waals surface area (Å²) in [6.45, 7) is 4.70. The second-order valence-corrected chi connectivity index (χ2v) is 5.63. The van der Waals surface area contributed by atoms with Crippen LogP contribution in [0.1, 0.15) is 33.6 Å². The summed E-state index contributed by atoms with van der Waals surface area (Å²) in [5, 5.41) is 2.18. The second-order valence-electron chi connectivity index (χ2n) is 5.63. The lowest BCUT2D eigenvalue weighted by atomic mass is 9.78. The number of carbonyl (C=O) groups excluding carboxylic acids is 5. The van der Waals surface area contributed by atoms with Gasteiger partial charge in [-0.1, -0.05) is 13.8 Å². The summed E-state index contributed by atoms with van der Waals surface area (Å²) < 4.78 is 0. The molecule has 0 aliphatic carbocycles. The number of amides is 6. The van der Waals surface area contributed by atoms with Gasteiger partial charge in [0.1, 0.15) is 5.41 Å². The number of barbiturate groups is 1. The van der Waals surface area contributed by atoms with Crippen LogP contribution in [0, 0.1) is 5.41 Å². The highest BCUT2D eigenvalue weighted by atomic mass is 16.2. The van der Waals surface area contributed by atoms with E-state index < -0.39 is 35.1 Å². The zero-order valence-corrected chi connectivity index (χ0v) is 13.3. The number of imide groups is 3. The molecule has 2 heterocycles. The monoisotopic (exact) mass is 321 g/mol. The maximum absolute atomic E-state index is 12.6. The average molecular weight is 321 g/mol. The Hall–Kier alpha value is -2.51. The molecule has 0 aromatic heterocycles. The Bertz CT molecular complexity index is 633. The van der Waals surface area contributed by atoms with Gasteiger partial charge in [0.05, 0.1) is 0 Å². The van der Waals surface area contributed by atoms with Crippen LogP contribution in [0.4, 0.5) is 4.79 Å². The number of rotatable bonds is 5. The van der Waals surface area contributed by atoms with Crippen LogP contribution in [0.2, 0.25) is 0 Å². The molecular formula is C15H19N3O5. The summed E-state index contributed by atoms with van der Waals surface area (Å²) >= 11 is 0. The number of urea groups is 1. The van der Waals surface area contributed by atoms with Crippen molar-refractivity contribution in [3.05, 3.63) is 11.6 Å². The number of carbonyl (C=O) groups is 5. The first-order valence-corrected chi connectivity index (χ1v) is 7.50. The van der Waals surface area contributed by atoms with Gasteiger partial charge in [-0.3, -0.25) is 34.3 Å². The first kappa shape index (κ1) is 16.9. The molecule has 6 amide bonds. The smallest absolute Gasteiger partial charge is 0.277 e. The molecule has 23 heavy (non-hydrogen) atoms. The van der Waals surface area contributed by atoms with E-state index >= 15 is 0 Å². The number of hydrogen-bond acceptors (Lipinski definition) is 5. The van der Waals surface area contributed by atoms with Crippen molar-refractivity contribution in [3.8, 4) is 0 Å². The third-order valence-electron chi connectivity index (χ3n) is 4.50. The molecule has 0 aromatic carbocycles. The largest absolute Gasteiger partial charge is 0.330 e. The van der Waals surface area contributed by atoms with Crippen LogP contribution in [0.3, 0.4) is 0 Å². The predicted octanol–water partition coefficient (Wildman–Crippen LogP) is 0.186. The van der Waals surface area contributed by atoms with E-state index in [0.29, 0.717) is 5.57 Å². The predicted molar refractivity (Wildman–Crippen MR) is 78.7 cm³/mol. The van der Waals surface area contributed by atoms with Gasteiger partial charge in [-0.05, 0) is 19.8 Å². The maximum atomic E-state index is 12.6. The fourth-order valence-electron chi connectivity index (χ4n) is 2.86. The van der Waals surface area contributed by atoms with E-state index in [0.717, 1.165) is 9.80 Å². The van der Waals surface area contributed by atoms with Crippen LogP contribution in [0.5, 0.6) is 0 Å². The molecule has 8 nitrogen and oxygen atoms in total. The van der Waals surface area contributed by atoms with E-state index in [9.17, 15) is 24.0 Å². The minimum absolute atomic E-state index is 0.0949. The molecule has 0 unspecified atom stereocenters. The minimum atomic E-state index is -1.28. The standard InChI is InChI=1S/C15H19N3O5/c1-4-15(5-2)12(21)16-14(23)18(13(15)22)7-6-17-10(19)8-9(3)11(17)20/h8H,4-7H2,1-3H3,(H,16,21,23). The van der Waals surface area contributed by atoms with Crippen molar-refractivity contribution < 1.29 is 24.0 Å². The summed E-state index contributed by atoms with van der Waals surface area (Å²) in [5.41, 5.74) is -0.961. The van der Waals surface area contributed by atoms with E-state index in [-0.39, 0.29) is 25.9 Å². The Balaban J connectivity index is 2.15. The van der Waals surface area contributed by atoms with E-state index in [1.54, 1.807) is 13.8 Å². The van der Waals surface area contributed by atoms with Crippen LogP contribution < -0.4 is 5.32 Å². The van der Waals surface area contributed by atoms with Crippen LogP contribution >= 0.6 is 0 Å². The van der Waals surface area contributed by atoms with Crippen molar-refractivity contribution in [2.24, 2.45) is 5.41 Å². The maximum Gasteiger partial charge on any atom is 0.330 e. The molecule has 0 bridgehead atoms. The molecule has 2 rings (SSSR count). The van der Waals surface area contributed by atoms with E-state index in [1.807, 2.05) is 0 Å². The Morgan fingerprint density at radius 2 is 1.57 bits per heavy atom. The van der Waals surface area contributed by atoms with Crippen molar-refractivity contribution in [1.29, 1.82) is 0 Å². The van der Waals surface area contributed by atoms with E-state index in [2.05, 4.69) is 5.32 Å². The summed E-state index contributed by atoms with van der Waals surface area (Å²) in [6, 6.07) is -0.818. The average Bonchev–Trinajstić information content (AvgIpc) is 2.74. The van der Waals surface area contributed by atoms with Gasteiger partial charge in [0, 0.05) is 24.7 Å². The van der Waals surface area contributed by atoms with Gasteiger partial charge < -0.3 is 0 Å². The normalized spacial score (nSPS) is 21.0. The van der Waals surface area contributed by atoms with Crippen molar-refractivity contribution in [2.45, 2.75) is 33.6 Å². The first-order chi connectivity index (χ1) is 10.8. The third kappa shape index (κ3) is 2.54. The molecule has 1 saturated heterocycles. The zero-order valence-electron chi connectivity index (χ0n) is 13.3. The Morgan fingerprint density at radius 3 is 2.04 bits per heavy atom. The number of nitrogens with one attached hydrogen (secondary N) is 1. The first-order valence-electron chi connectivity index (χ1n) is 7.50. The molecule has 2 aliphatic rings. The van der Waals surface area contributed by atoms with Crippen molar-refractivity contribution in [3.63, 3.8) is 0 Å². The molecule has 124 valence electrons. The van der Waals surface area contributed by atoms with E-state index in [1.165, 1.54) is 13.0 Å². The Kier molecular flexibility index (Phi) is 4.35. The van der Waals surface area contributed by atoms with Gasteiger partial charge in [-0.15, -0.1) is 0 Å². The highest BCUT2D eigenvalue weighted by Gasteiger charge is 2.51. The lowest BCUT2D eigenvalue weighted by Crippen LogP contribution is -2.64. The Morgan fingerprint density at radius 1 is 1.00 bits per heavy atom. The molecule has 8 heteroatoms. The van der Waals surface area contributed by atoms with Gasteiger partial charge in [0.2, 0.25) is 11.8 Å². The fourth-order valence-corrected chi connectivity index (χ4v) is 2.86. The van der Waals surface area contributed by atoms with Crippen molar-refractivity contribution in [2.75, 3.05) is 13.1 Å². The van der Waals surface area contributed by atoms with Crippen LogP contribution in [-0.2, 0) is 19.2 Å². The van der Waals surface area contributed by atoms with Crippen LogP contribution in [0.15, 0.2) is 11.6 Å². The van der Waals surface area contributed by atoms with Gasteiger partial charge >= 0.3 is 6.03 Å². The molecule has 1 fully saturated rings. The molecular weight excluding hydrogens is 302 g/mol. The number of nitrogens with zero attached hydrogens (tertiary/aromatic N) is 2. The SMILES string of the molecule is CCC1(CC)C(=O)NC(=O)N(CCN2C(=O)C=C(C)C2=O)C1=O. The minimum Gasteiger partial charge on any atom is -0.277 e. The van der Waals surface area contributed by atoms with Gasteiger partial charge in [0.15, 0.2) is 0 Å². The second kappa shape index (κ2) is 5.94. The summed E-state index contributed by atoms with van der Waals surface area (Å²) in [7, 11) is 0. The van der Waals surface area contributed by atoms with E-state index in [4.69, 9.17) is 0 Å². The lowest BCUT2D eigenvalue weighted by molar-refractivity contribution is -0.153. The summed E-state index contributed by atoms with van der Waals surface area (Å²) in [6.07, 6.45) is 1.74. The van der Waals surface area contributed by atoms with Gasteiger partial charge in [-0.25, -0.2) is 4.79 Å². The molecule has 0 spiro atoms. The summed E-state index contributed by atoms with van der Waals surface area (Å²) in [5.74, 6) is -2.08. The van der Waals surface area contributed by atoms with Gasteiger partial charge in [0.25, 0.3) is 11.8 Å². The molecule has 2 aliphatic heterocycles. The van der Waals surface area contributed by atoms with Crippen molar-refractivity contribution in [1.82, 2.24) is 15.1 Å². The summed E-state index contributed by atoms with van der Waals surface area (Å²) in [4.78, 5) is 62.0. The molecule has 0 saturated carbocycles. The molecule has 0 radical (unpaired) electrons. The van der Waals surface area contributed by atoms with Crippen LogP contribution in [-0.4, -0.2) is 52.5 Å². The lowest BCUT2D eigenvalue weighted by Gasteiger charge is -2.38. The Labute approximate surface area is 133 Å². The molecule has 0 atom stereocenters. The van der Waals surface area contributed by atoms with Gasteiger partial charge in [-0.2, -0.15) is 0 Å². The molecule has 0 aromatic rings.